The van der Waals surface area contributed by atoms with Crippen molar-refractivity contribution in [3.8, 4) is 11.5 Å². The van der Waals surface area contributed by atoms with Crippen LogP contribution < -0.4 is 5.32 Å². The maximum atomic E-state index is 4.75. The second-order valence-electron chi connectivity index (χ2n) is 5.73. The lowest BCUT2D eigenvalue weighted by molar-refractivity contribution is 0.659. The molecule has 2 heterocycles. The van der Waals surface area contributed by atoms with E-state index in [9.17, 15) is 0 Å². The number of hydrogen-bond acceptors (Lipinski definition) is 4. The number of anilines is 1. The van der Waals surface area contributed by atoms with Crippen LogP contribution in [0.5, 0.6) is 0 Å². The molecule has 0 unspecified atom stereocenters. The fourth-order valence-corrected chi connectivity index (χ4v) is 2.41. The van der Waals surface area contributed by atoms with Gasteiger partial charge in [-0.05, 0) is 32.1 Å². The van der Waals surface area contributed by atoms with E-state index in [-0.39, 0.29) is 12.4 Å². The Balaban J connectivity index is 0.00000121. The molecule has 2 fully saturated rings. The molecule has 0 atom stereocenters. The number of hydrogen-bond donors (Lipinski definition) is 1. The number of aryl methyl sites for hydroxylation is 1. The van der Waals surface area contributed by atoms with Crippen LogP contribution in [0, 0.1) is 0 Å². The van der Waals surface area contributed by atoms with Crippen LogP contribution in [0.4, 0.5) is 5.82 Å². The highest BCUT2D eigenvalue weighted by atomic mass is 35.5. The molecule has 0 radical (unpaired) electrons. The zero-order valence-corrected chi connectivity index (χ0v) is 12.5. The number of fused-ring (bicyclic) bond motifs is 1. The van der Waals surface area contributed by atoms with Gasteiger partial charge in [0.2, 0.25) is 0 Å². The molecule has 108 valence electrons. The average molecular weight is 294 g/mol. The molecule has 5 nitrogen and oxygen atoms in total. The van der Waals surface area contributed by atoms with Crippen molar-refractivity contribution in [3.05, 3.63) is 12.2 Å². The van der Waals surface area contributed by atoms with Crippen molar-refractivity contribution in [1.82, 2.24) is 19.5 Å². The highest BCUT2D eigenvalue weighted by Gasteiger charge is 2.32. The van der Waals surface area contributed by atoms with Crippen molar-refractivity contribution in [2.75, 3.05) is 5.32 Å². The smallest absolute Gasteiger partial charge is 0.165 e. The first kappa shape index (κ1) is 13.6. The molecule has 0 bridgehead atoms. The summed E-state index contributed by atoms with van der Waals surface area (Å²) in [5.41, 5.74) is 0.963. The molecule has 0 amide bonds. The third-order valence-corrected chi connectivity index (χ3v) is 3.81. The molecule has 0 saturated heterocycles. The first-order chi connectivity index (χ1) is 9.35. The molecule has 0 aromatic heterocycles. The molecule has 1 N–H and O–H groups in total. The summed E-state index contributed by atoms with van der Waals surface area (Å²) in [4.78, 5) is 14.0. The van der Waals surface area contributed by atoms with E-state index in [2.05, 4.69) is 21.8 Å². The summed E-state index contributed by atoms with van der Waals surface area (Å²) in [6.45, 7) is 3.13. The van der Waals surface area contributed by atoms with Gasteiger partial charge in [-0.2, -0.15) is 0 Å². The van der Waals surface area contributed by atoms with Gasteiger partial charge in [0.1, 0.15) is 5.82 Å². The van der Waals surface area contributed by atoms with Crippen LogP contribution in [0.2, 0.25) is 0 Å². The number of nitrogens with zero attached hydrogens (tertiary/aromatic N) is 4. The lowest BCUT2D eigenvalue weighted by Gasteiger charge is -2.12. The first-order valence-electron chi connectivity index (χ1n) is 7.34. The van der Waals surface area contributed by atoms with E-state index in [4.69, 9.17) is 9.97 Å². The minimum atomic E-state index is 0. The summed E-state index contributed by atoms with van der Waals surface area (Å²) in [5, 5.41) is 3.47. The summed E-state index contributed by atoms with van der Waals surface area (Å²) in [6, 6.07) is 0.596. The Morgan fingerprint density at radius 3 is 2.70 bits per heavy atom. The largest absolute Gasteiger partial charge is 0.365 e. The zero-order valence-electron chi connectivity index (χ0n) is 11.7. The van der Waals surface area contributed by atoms with Crippen LogP contribution in [-0.4, -0.2) is 25.6 Å². The Bertz CT molecular complexity index is 573. The van der Waals surface area contributed by atoms with Crippen LogP contribution >= 0.6 is 12.4 Å². The number of imidazole rings is 1. The van der Waals surface area contributed by atoms with Gasteiger partial charge in [-0.1, -0.05) is 6.92 Å². The highest BCUT2D eigenvalue weighted by molar-refractivity contribution is 5.85. The standard InChI is InChI=1S/C14H19N5.ClH/c1-2-7-19-8-15-13(16-10-5-6-10)11-14(19)18-12(17-11)9-3-4-9;/h8-10,16H,2-7H2,1H3;1H. The zero-order chi connectivity index (χ0) is 12.8. The Morgan fingerprint density at radius 1 is 1.25 bits per heavy atom. The van der Waals surface area contributed by atoms with Crippen LogP contribution in [0.3, 0.4) is 0 Å². The highest BCUT2D eigenvalue weighted by Crippen LogP contribution is 2.41. The summed E-state index contributed by atoms with van der Waals surface area (Å²) >= 11 is 0. The van der Waals surface area contributed by atoms with E-state index in [1.54, 1.807) is 0 Å². The molecule has 6 heteroatoms. The molecule has 2 saturated carbocycles. The molecule has 0 aromatic carbocycles. The van der Waals surface area contributed by atoms with Crippen LogP contribution in [-0.2, 0) is 6.54 Å². The number of aromatic nitrogens is 4. The van der Waals surface area contributed by atoms with Crippen molar-refractivity contribution in [3.63, 3.8) is 0 Å². The minimum absolute atomic E-state index is 0. The quantitative estimate of drug-likeness (QED) is 0.920. The number of halogens is 1. The first-order valence-corrected chi connectivity index (χ1v) is 7.34. The van der Waals surface area contributed by atoms with Gasteiger partial charge >= 0.3 is 0 Å². The third kappa shape index (κ3) is 2.46. The Hall–Kier alpha value is -1.36. The normalized spacial score (nSPS) is 18.1. The molecule has 0 aromatic rings. The SMILES string of the molecule is CCCn1cnc(NC2CC2)c2nc(C3CC3)nc1-2.Cl. The van der Waals surface area contributed by atoms with Crippen molar-refractivity contribution < 1.29 is 0 Å². The fraction of sp³-hybridized carbons (Fsp3) is 0.643. The lowest BCUT2D eigenvalue weighted by Crippen LogP contribution is -2.11. The lowest BCUT2D eigenvalue weighted by atomic mass is 10.3. The van der Waals surface area contributed by atoms with E-state index >= 15 is 0 Å². The molecule has 20 heavy (non-hydrogen) atoms. The van der Waals surface area contributed by atoms with Gasteiger partial charge in [0.25, 0.3) is 0 Å². The van der Waals surface area contributed by atoms with Crippen molar-refractivity contribution in [1.29, 1.82) is 0 Å². The van der Waals surface area contributed by atoms with Crippen molar-refractivity contribution in [2.24, 2.45) is 0 Å². The second kappa shape index (κ2) is 5.20. The average Bonchev–Trinajstić information content (AvgIpc) is 3.32. The minimum Gasteiger partial charge on any atom is -0.365 e. The third-order valence-electron chi connectivity index (χ3n) is 3.81. The maximum absolute atomic E-state index is 4.75. The van der Waals surface area contributed by atoms with Gasteiger partial charge in [-0.15, -0.1) is 12.4 Å². The molecule has 0 spiro atoms. The summed E-state index contributed by atoms with van der Waals surface area (Å²) in [7, 11) is 0. The predicted molar refractivity (Wildman–Crippen MR) is 80.6 cm³/mol. The van der Waals surface area contributed by atoms with Crippen LogP contribution in [0.15, 0.2) is 6.33 Å². The van der Waals surface area contributed by atoms with Gasteiger partial charge in [0.15, 0.2) is 17.3 Å². The molecule has 4 aliphatic rings. The van der Waals surface area contributed by atoms with Gasteiger partial charge < -0.3 is 9.88 Å². The van der Waals surface area contributed by atoms with Gasteiger partial charge in [0.05, 0.1) is 6.33 Å². The van der Waals surface area contributed by atoms with E-state index in [0.717, 1.165) is 36.1 Å². The number of rotatable bonds is 5. The molecular formula is C14H20ClN5. The molecule has 2 aliphatic heterocycles. The molecular weight excluding hydrogens is 274 g/mol. The van der Waals surface area contributed by atoms with Crippen LogP contribution in [0.1, 0.15) is 50.8 Å². The fourth-order valence-electron chi connectivity index (χ4n) is 2.41. The van der Waals surface area contributed by atoms with E-state index in [1.807, 2.05) is 6.33 Å². The van der Waals surface area contributed by atoms with Crippen molar-refractivity contribution in [2.45, 2.75) is 57.5 Å². The summed E-state index contributed by atoms with van der Waals surface area (Å²) in [6.07, 6.45) is 7.96. The second-order valence-corrected chi connectivity index (χ2v) is 5.73. The monoisotopic (exact) mass is 293 g/mol. The Morgan fingerprint density at radius 2 is 2.05 bits per heavy atom. The van der Waals surface area contributed by atoms with Gasteiger partial charge in [-0.25, -0.2) is 15.0 Å². The molecule has 2 aliphatic carbocycles. The van der Waals surface area contributed by atoms with Crippen LogP contribution in [0.25, 0.3) is 11.5 Å². The van der Waals surface area contributed by atoms with Gasteiger partial charge in [0, 0.05) is 18.5 Å². The topological polar surface area (TPSA) is 55.6 Å². The molecule has 4 rings (SSSR count). The van der Waals surface area contributed by atoms with E-state index in [0.29, 0.717) is 12.0 Å². The summed E-state index contributed by atoms with van der Waals surface area (Å²) in [5.74, 6) is 3.54. The van der Waals surface area contributed by atoms with Crippen molar-refractivity contribution >= 4 is 18.2 Å². The number of nitrogens with one attached hydrogen (secondary N) is 1. The van der Waals surface area contributed by atoms with E-state index in [1.165, 1.54) is 25.7 Å². The maximum Gasteiger partial charge on any atom is 0.165 e. The van der Waals surface area contributed by atoms with E-state index < -0.39 is 0 Å². The van der Waals surface area contributed by atoms with Gasteiger partial charge in [-0.3, -0.25) is 0 Å². The predicted octanol–water partition coefficient (Wildman–Crippen LogP) is 3.06. The summed E-state index contributed by atoms with van der Waals surface area (Å²) < 4.78 is 2.13. The Kier molecular flexibility index (Phi) is 3.54. The Labute approximate surface area is 125 Å².